The van der Waals surface area contributed by atoms with Crippen LogP contribution in [-0.2, 0) is 15.4 Å². The number of ether oxygens (including phenoxy) is 1. The van der Waals surface area contributed by atoms with Crippen LogP contribution < -0.4 is 14.4 Å². The SMILES string of the molecule is CC(C)(c1ccc(-n2cc(N3CC(NS(C)(=O)=O)C3)cn2)cc1)c1cc(Cl)c(OCCCl)c(C#N)c1. The number of sulfonamides is 1. The fourth-order valence-corrected chi connectivity index (χ4v) is 5.31. The topological polar surface area (TPSA) is 100 Å². The second-order valence-electron chi connectivity index (χ2n) is 9.29. The summed E-state index contributed by atoms with van der Waals surface area (Å²) in [7, 11) is -3.21. The lowest BCUT2D eigenvalue weighted by molar-refractivity contribution is 0.341. The van der Waals surface area contributed by atoms with E-state index in [4.69, 9.17) is 27.9 Å². The van der Waals surface area contributed by atoms with E-state index in [0.29, 0.717) is 35.3 Å². The molecular weight excluding hydrogens is 521 g/mol. The molecule has 0 bridgehead atoms. The van der Waals surface area contributed by atoms with Gasteiger partial charge in [-0.2, -0.15) is 10.4 Å². The van der Waals surface area contributed by atoms with E-state index in [-0.39, 0.29) is 12.6 Å². The van der Waals surface area contributed by atoms with Gasteiger partial charge in [-0.1, -0.05) is 37.6 Å². The Labute approximate surface area is 221 Å². The predicted octanol–water partition coefficient (Wildman–Crippen LogP) is 4.08. The molecule has 11 heteroatoms. The number of alkyl halides is 1. The van der Waals surface area contributed by atoms with Gasteiger partial charge >= 0.3 is 0 Å². The zero-order chi connectivity index (χ0) is 26.1. The zero-order valence-corrected chi connectivity index (χ0v) is 22.5. The molecule has 8 nitrogen and oxygen atoms in total. The number of anilines is 1. The number of halogens is 2. The summed E-state index contributed by atoms with van der Waals surface area (Å²) in [5.41, 5.74) is 3.72. The van der Waals surface area contributed by atoms with Gasteiger partial charge in [-0.25, -0.2) is 17.8 Å². The van der Waals surface area contributed by atoms with Crippen LogP contribution in [0, 0.1) is 11.3 Å². The van der Waals surface area contributed by atoms with E-state index in [2.05, 4.69) is 34.6 Å². The third-order valence-corrected chi connectivity index (χ3v) is 7.46. The number of hydrogen-bond acceptors (Lipinski definition) is 6. The standard InChI is InChI=1S/C25H27Cl2N5O3S/c1-25(2,19-10-17(12-28)24(23(27)11-19)35-9-8-26)18-4-6-21(7-5-18)32-16-22(13-29-32)31-14-20(15-31)30-36(3,33)34/h4-7,10-11,13,16,20,30H,8-9,14-15H2,1-3H3. The fraction of sp³-hybridized carbons (Fsp3) is 0.360. The van der Waals surface area contributed by atoms with Gasteiger partial charge in [-0.15, -0.1) is 11.6 Å². The Morgan fingerprint density at radius 3 is 2.50 bits per heavy atom. The van der Waals surface area contributed by atoms with Crippen LogP contribution in [0.3, 0.4) is 0 Å². The van der Waals surface area contributed by atoms with Crippen molar-refractivity contribution in [3.8, 4) is 17.5 Å². The molecule has 1 aromatic heterocycles. The first-order valence-electron chi connectivity index (χ1n) is 11.3. The molecule has 0 saturated carbocycles. The summed E-state index contributed by atoms with van der Waals surface area (Å²) in [5, 5.41) is 14.5. The highest BCUT2D eigenvalue weighted by molar-refractivity contribution is 7.88. The monoisotopic (exact) mass is 547 g/mol. The first-order valence-corrected chi connectivity index (χ1v) is 14.1. The average molecular weight is 548 g/mol. The number of nitrogens with one attached hydrogen (secondary N) is 1. The number of benzene rings is 2. The molecule has 4 rings (SSSR count). The van der Waals surface area contributed by atoms with Crippen LogP contribution in [0.15, 0.2) is 48.8 Å². The number of hydrogen-bond donors (Lipinski definition) is 1. The van der Waals surface area contributed by atoms with Gasteiger partial charge in [-0.3, -0.25) is 0 Å². The Bertz CT molecular complexity index is 1390. The molecule has 0 aliphatic carbocycles. The van der Waals surface area contributed by atoms with Crippen LogP contribution in [0.2, 0.25) is 5.02 Å². The van der Waals surface area contributed by atoms with Gasteiger partial charge in [0.2, 0.25) is 10.0 Å². The lowest BCUT2D eigenvalue weighted by atomic mass is 9.77. The second-order valence-corrected chi connectivity index (χ2v) is 11.9. The van der Waals surface area contributed by atoms with Crippen LogP contribution in [0.4, 0.5) is 5.69 Å². The van der Waals surface area contributed by atoms with Gasteiger partial charge in [0, 0.05) is 18.5 Å². The minimum atomic E-state index is -3.21. The molecule has 190 valence electrons. The summed E-state index contributed by atoms with van der Waals surface area (Å²) < 4.78 is 32.7. The lowest BCUT2D eigenvalue weighted by Gasteiger charge is -2.39. The van der Waals surface area contributed by atoms with Crippen LogP contribution >= 0.6 is 23.2 Å². The van der Waals surface area contributed by atoms with Crippen molar-refractivity contribution >= 4 is 38.9 Å². The summed E-state index contributed by atoms with van der Waals surface area (Å²) in [6, 6.07) is 13.8. The third kappa shape index (κ3) is 5.62. The first-order chi connectivity index (χ1) is 17.0. The Balaban J connectivity index is 1.50. The molecule has 3 aromatic rings. The molecule has 0 unspecified atom stereocenters. The van der Waals surface area contributed by atoms with E-state index < -0.39 is 15.4 Å². The van der Waals surface area contributed by atoms with Crippen LogP contribution in [0.5, 0.6) is 5.75 Å². The minimum Gasteiger partial charge on any atom is -0.489 e. The molecule has 1 saturated heterocycles. The molecule has 36 heavy (non-hydrogen) atoms. The zero-order valence-electron chi connectivity index (χ0n) is 20.2. The lowest BCUT2D eigenvalue weighted by Crippen LogP contribution is -2.59. The molecule has 2 aromatic carbocycles. The van der Waals surface area contributed by atoms with Crippen molar-refractivity contribution in [3.63, 3.8) is 0 Å². The average Bonchev–Trinajstić information content (AvgIpc) is 3.29. The molecular formula is C25H27Cl2N5O3S. The van der Waals surface area contributed by atoms with Gasteiger partial charge in [0.25, 0.3) is 0 Å². The van der Waals surface area contributed by atoms with Crippen LogP contribution in [-0.4, -0.2) is 56.1 Å². The maximum atomic E-state index is 11.4. The molecule has 2 heterocycles. The summed E-state index contributed by atoms with van der Waals surface area (Å²) in [4.78, 5) is 2.07. The van der Waals surface area contributed by atoms with Crippen molar-refractivity contribution in [1.82, 2.24) is 14.5 Å². The Kier molecular flexibility index (Phi) is 7.53. The first kappa shape index (κ1) is 26.3. The fourth-order valence-electron chi connectivity index (χ4n) is 4.21. The van der Waals surface area contributed by atoms with Gasteiger partial charge in [0.15, 0.2) is 5.75 Å². The highest BCUT2D eigenvalue weighted by atomic mass is 35.5. The minimum absolute atomic E-state index is 0.0825. The number of rotatable bonds is 9. The molecule has 0 atom stereocenters. The maximum absolute atomic E-state index is 11.4. The van der Waals surface area contributed by atoms with Crippen molar-refractivity contribution in [2.75, 3.05) is 36.7 Å². The van der Waals surface area contributed by atoms with Crippen molar-refractivity contribution in [1.29, 1.82) is 5.26 Å². The molecule has 0 amide bonds. The van der Waals surface area contributed by atoms with Crippen molar-refractivity contribution < 1.29 is 13.2 Å². The van der Waals surface area contributed by atoms with Crippen molar-refractivity contribution in [3.05, 3.63) is 70.5 Å². The van der Waals surface area contributed by atoms with E-state index in [0.717, 1.165) is 22.5 Å². The number of nitrogens with zero attached hydrogens (tertiary/aromatic N) is 4. The Hall–Kier alpha value is -2.77. The number of nitriles is 1. The van der Waals surface area contributed by atoms with E-state index in [1.165, 1.54) is 6.26 Å². The van der Waals surface area contributed by atoms with Crippen LogP contribution in [0.25, 0.3) is 5.69 Å². The van der Waals surface area contributed by atoms with Gasteiger partial charge in [0.05, 0.1) is 52.5 Å². The second kappa shape index (κ2) is 10.3. The normalized spacial score (nSPS) is 14.4. The Morgan fingerprint density at radius 2 is 1.89 bits per heavy atom. The molecule has 1 N–H and O–H groups in total. The Morgan fingerprint density at radius 1 is 1.19 bits per heavy atom. The largest absolute Gasteiger partial charge is 0.489 e. The summed E-state index contributed by atoms with van der Waals surface area (Å²) >= 11 is 12.2. The van der Waals surface area contributed by atoms with E-state index in [1.807, 2.05) is 42.6 Å². The van der Waals surface area contributed by atoms with Crippen LogP contribution in [0.1, 0.15) is 30.5 Å². The molecule has 1 aliphatic rings. The molecule has 0 spiro atoms. The smallest absolute Gasteiger partial charge is 0.209 e. The van der Waals surface area contributed by atoms with Crippen molar-refractivity contribution in [2.45, 2.75) is 25.3 Å². The van der Waals surface area contributed by atoms with Crippen molar-refractivity contribution in [2.24, 2.45) is 0 Å². The van der Waals surface area contributed by atoms with Gasteiger partial charge < -0.3 is 9.64 Å². The van der Waals surface area contributed by atoms with E-state index >= 15 is 0 Å². The highest BCUT2D eigenvalue weighted by Gasteiger charge is 2.30. The van der Waals surface area contributed by atoms with Gasteiger partial charge in [0.1, 0.15) is 12.7 Å². The predicted molar refractivity (Wildman–Crippen MR) is 142 cm³/mol. The molecule has 1 fully saturated rings. The molecule has 1 aliphatic heterocycles. The molecule has 0 radical (unpaired) electrons. The summed E-state index contributed by atoms with van der Waals surface area (Å²) in [5.74, 6) is 0.655. The maximum Gasteiger partial charge on any atom is 0.209 e. The highest BCUT2D eigenvalue weighted by Crippen LogP contribution is 2.38. The van der Waals surface area contributed by atoms with Gasteiger partial charge in [-0.05, 0) is 35.4 Å². The third-order valence-electron chi connectivity index (χ3n) is 6.26. The number of aromatic nitrogens is 2. The van der Waals surface area contributed by atoms with E-state index in [9.17, 15) is 13.7 Å². The quantitative estimate of drug-likeness (QED) is 0.405. The summed E-state index contributed by atoms with van der Waals surface area (Å²) in [6.07, 6.45) is 4.87. The summed E-state index contributed by atoms with van der Waals surface area (Å²) in [6.45, 7) is 5.63. The van der Waals surface area contributed by atoms with E-state index in [1.54, 1.807) is 10.9 Å².